The lowest BCUT2D eigenvalue weighted by molar-refractivity contribution is -0.137. The first kappa shape index (κ1) is 12.9. The van der Waals surface area contributed by atoms with E-state index in [-0.39, 0.29) is 6.54 Å². The number of hydrogen-bond donors (Lipinski definition) is 2. The summed E-state index contributed by atoms with van der Waals surface area (Å²) in [6.07, 6.45) is 2.72. The van der Waals surface area contributed by atoms with E-state index in [2.05, 4.69) is 15.2 Å². The van der Waals surface area contributed by atoms with E-state index in [1.807, 2.05) is 18.2 Å². The minimum absolute atomic E-state index is 0.0521. The summed E-state index contributed by atoms with van der Waals surface area (Å²) in [4.78, 5) is 17.4. The maximum atomic E-state index is 10.8. The van der Waals surface area contributed by atoms with E-state index in [9.17, 15) is 4.79 Å². The zero-order valence-corrected chi connectivity index (χ0v) is 11.2. The number of nitrogens with zero attached hydrogens (tertiary/aromatic N) is 3. The van der Waals surface area contributed by atoms with E-state index in [1.54, 1.807) is 10.9 Å². The smallest absolute Gasteiger partial charge is 0.323 e. The monoisotopic (exact) mass is 274 g/mol. The van der Waals surface area contributed by atoms with E-state index in [0.717, 1.165) is 49.3 Å². The number of hydrogen-bond acceptors (Lipinski definition) is 4. The van der Waals surface area contributed by atoms with Gasteiger partial charge in [0.15, 0.2) is 0 Å². The quantitative estimate of drug-likeness (QED) is 0.871. The number of fused-ring (bicyclic) bond motifs is 1. The van der Waals surface area contributed by atoms with Gasteiger partial charge in [-0.15, -0.1) is 0 Å². The predicted molar refractivity (Wildman–Crippen MR) is 77.1 cm³/mol. The Labute approximate surface area is 117 Å². The molecule has 20 heavy (non-hydrogen) atoms. The highest BCUT2D eigenvalue weighted by Crippen LogP contribution is 2.22. The van der Waals surface area contributed by atoms with Crippen LogP contribution in [0.15, 0.2) is 24.5 Å². The third kappa shape index (κ3) is 2.60. The number of aromatic nitrogens is 2. The van der Waals surface area contributed by atoms with Gasteiger partial charge in [-0.25, -0.2) is 4.98 Å². The van der Waals surface area contributed by atoms with Crippen molar-refractivity contribution in [1.82, 2.24) is 14.9 Å². The number of carboxylic acid groups (broad SMARTS) is 1. The Bertz CT molecular complexity index is 615. The van der Waals surface area contributed by atoms with Crippen LogP contribution in [0, 0.1) is 0 Å². The molecule has 0 saturated carbocycles. The van der Waals surface area contributed by atoms with Gasteiger partial charge in [0, 0.05) is 25.3 Å². The Morgan fingerprint density at radius 3 is 3.10 bits per heavy atom. The maximum absolute atomic E-state index is 10.8. The minimum Gasteiger partial charge on any atom is -0.480 e. The first-order valence-electron chi connectivity index (χ1n) is 6.86. The van der Waals surface area contributed by atoms with Crippen molar-refractivity contribution in [2.75, 3.05) is 31.1 Å². The standard InChI is InChI=1S/C14H18N4O2/c19-14(20)9-18-10-16-12-8-11(2-3-13(12)18)17-6-1-4-15-5-7-17/h2-3,8,10,15H,1,4-7,9H2,(H,19,20). The van der Waals surface area contributed by atoms with Crippen LogP contribution in [0.25, 0.3) is 11.0 Å². The highest BCUT2D eigenvalue weighted by Gasteiger charge is 2.12. The van der Waals surface area contributed by atoms with Crippen molar-refractivity contribution >= 4 is 22.7 Å². The zero-order valence-electron chi connectivity index (χ0n) is 11.2. The fourth-order valence-corrected chi connectivity index (χ4v) is 2.62. The molecule has 0 spiro atoms. The molecule has 0 bridgehead atoms. The average Bonchev–Trinajstić information content (AvgIpc) is 2.65. The number of benzene rings is 1. The van der Waals surface area contributed by atoms with Crippen LogP contribution in [0.1, 0.15) is 6.42 Å². The van der Waals surface area contributed by atoms with Gasteiger partial charge in [0.25, 0.3) is 0 Å². The number of carboxylic acids is 1. The molecule has 0 atom stereocenters. The van der Waals surface area contributed by atoms with Crippen LogP contribution < -0.4 is 10.2 Å². The Kier molecular flexibility index (Phi) is 3.56. The minimum atomic E-state index is -0.855. The van der Waals surface area contributed by atoms with Crippen molar-refractivity contribution in [3.8, 4) is 0 Å². The van der Waals surface area contributed by atoms with Gasteiger partial charge in [0.1, 0.15) is 6.54 Å². The summed E-state index contributed by atoms with van der Waals surface area (Å²) in [6.45, 7) is 4.02. The molecule has 1 saturated heterocycles. The zero-order chi connectivity index (χ0) is 13.9. The summed E-state index contributed by atoms with van der Waals surface area (Å²) >= 11 is 0. The highest BCUT2D eigenvalue weighted by atomic mass is 16.4. The van der Waals surface area contributed by atoms with Crippen LogP contribution in [0.2, 0.25) is 0 Å². The molecule has 1 fully saturated rings. The van der Waals surface area contributed by atoms with Crippen LogP contribution in [0.3, 0.4) is 0 Å². The Balaban J connectivity index is 1.89. The van der Waals surface area contributed by atoms with Crippen LogP contribution in [0.4, 0.5) is 5.69 Å². The molecule has 2 N–H and O–H groups in total. The first-order chi connectivity index (χ1) is 9.74. The highest BCUT2D eigenvalue weighted by molar-refractivity contribution is 5.81. The largest absolute Gasteiger partial charge is 0.480 e. The third-order valence-corrected chi connectivity index (χ3v) is 3.62. The molecule has 0 amide bonds. The number of rotatable bonds is 3. The second-order valence-electron chi connectivity index (χ2n) is 5.03. The van der Waals surface area contributed by atoms with E-state index >= 15 is 0 Å². The summed E-state index contributed by atoms with van der Waals surface area (Å²) in [5.41, 5.74) is 2.87. The van der Waals surface area contributed by atoms with E-state index in [1.165, 1.54) is 0 Å². The second-order valence-corrected chi connectivity index (χ2v) is 5.03. The Morgan fingerprint density at radius 2 is 2.25 bits per heavy atom. The summed E-state index contributed by atoms with van der Waals surface area (Å²) in [6, 6.07) is 6.05. The number of imidazole rings is 1. The maximum Gasteiger partial charge on any atom is 0.323 e. The van der Waals surface area contributed by atoms with E-state index in [4.69, 9.17) is 5.11 Å². The van der Waals surface area contributed by atoms with Crippen molar-refractivity contribution < 1.29 is 9.90 Å². The summed E-state index contributed by atoms with van der Waals surface area (Å²) in [5.74, 6) is -0.855. The SMILES string of the molecule is O=C(O)Cn1cnc2cc(N3CCCNCC3)ccc21. The lowest BCUT2D eigenvalue weighted by atomic mass is 10.2. The van der Waals surface area contributed by atoms with Crippen molar-refractivity contribution in [3.05, 3.63) is 24.5 Å². The molecule has 6 heteroatoms. The predicted octanol–water partition coefficient (Wildman–Crippen LogP) is 0.921. The van der Waals surface area contributed by atoms with Gasteiger partial charge in [-0.1, -0.05) is 0 Å². The Morgan fingerprint density at radius 1 is 1.35 bits per heavy atom. The van der Waals surface area contributed by atoms with Crippen molar-refractivity contribution in [3.63, 3.8) is 0 Å². The lowest BCUT2D eigenvalue weighted by Gasteiger charge is -2.22. The van der Waals surface area contributed by atoms with E-state index in [0.29, 0.717) is 0 Å². The number of anilines is 1. The molecule has 1 aromatic carbocycles. The molecule has 2 aromatic rings. The first-order valence-corrected chi connectivity index (χ1v) is 6.86. The molecule has 0 aliphatic carbocycles. The Hall–Kier alpha value is -2.08. The summed E-state index contributed by atoms with van der Waals surface area (Å²) < 4.78 is 1.66. The number of carbonyl (C=O) groups is 1. The van der Waals surface area contributed by atoms with Gasteiger partial charge < -0.3 is 19.9 Å². The molecule has 2 heterocycles. The van der Waals surface area contributed by atoms with Gasteiger partial charge >= 0.3 is 5.97 Å². The van der Waals surface area contributed by atoms with Gasteiger partial charge in [0.05, 0.1) is 17.4 Å². The normalized spacial score (nSPS) is 16.3. The van der Waals surface area contributed by atoms with Gasteiger partial charge in [-0.3, -0.25) is 4.79 Å². The topological polar surface area (TPSA) is 70.4 Å². The van der Waals surface area contributed by atoms with Crippen molar-refractivity contribution in [2.24, 2.45) is 0 Å². The lowest BCUT2D eigenvalue weighted by Crippen LogP contribution is -2.27. The van der Waals surface area contributed by atoms with Crippen LogP contribution in [0.5, 0.6) is 0 Å². The summed E-state index contributed by atoms with van der Waals surface area (Å²) in [7, 11) is 0. The van der Waals surface area contributed by atoms with Gasteiger partial charge in [0.2, 0.25) is 0 Å². The average molecular weight is 274 g/mol. The molecule has 0 unspecified atom stereocenters. The molecular formula is C14H18N4O2. The van der Waals surface area contributed by atoms with Crippen LogP contribution >= 0.6 is 0 Å². The van der Waals surface area contributed by atoms with Gasteiger partial charge in [-0.2, -0.15) is 0 Å². The fourth-order valence-electron chi connectivity index (χ4n) is 2.62. The second kappa shape index (κ2) is 5.50. The molecule has 0 radical (unpaired) electrons. The molecule has 6 nitrogen and oxygen atoms in total. The number of aliphatic carboxylic acids is 1. The molecule has 1 aliphatic heterocycles. The van der Waals surface area contributed by atoms with E-state index < -0.39 is 5.97 Å². The fraction of sp³-hybridized carbons (Fsp3) is 0.429. The van der Waals surface area contributed by atoms with Crippen LogP contribution in [-0.4, -0.2) is 46.8 Å². The third-order valence-electron chi connectivity index (χ3n) is 3.62. The van der Waals surface area contributed by atoms with Crippen LogP contribution in [-0.2, 0) is 11.3 Å². The molecule has 1 aliphatic rings. The molecule has 3 rings (SSSR count). The molecular weight excluding hydrogens is 256 g/mol. The number of nitrogens with one attached hydrogen (secondary N) is 1. The summed E-state index contributed by atoms with van der Waals surface area (Å²) in [5, 5.41) is 12.3. The molecule has 1 aromatic heterocycles. The molecule has 106 valence electrons. The van der Waals surface area contributed by atoms with Crippen molar-refractivity contribution in [2.45, 2.75) is 13.0 Å². The van der Waals surface area contributed by atoms with Crippen molar-refractivity contribution in [1.29, 1.82) is 0 Å². The van der Waals surface area contributed by atoms with Gasteiger partial charge in [-0.05, 0) is 31.2 Å².